The number of piperazine rings is 1. The van der Waals surface area contributed by atoms with E-state index >= 15 is 0 Å². The lowest BCUT2D eigenvalue weighted by Gasteiger charge is -2.39. The number of likely N-dealkylation sites (tertiary alicyclic amines) is 1. The number of halogens is 1. The van der Waals surface area contributed by atoms with E-state index in [-0.39, 0.29) is 17.6 Å². The predicted octanol–water partition coefficient (Wildman–Crippen LogP) is 3.53. The number of carbonyl (C=O) groups excluding carboxylic acids is 2. The third kappa shape index (κ3) is 6.39. The number of nitrogens with zero attached hydrogens (tertiary/aromatic N) is 3. The molecular formula is C26H33FN4O2. The van der Waals surface area contributed by atoms with Crippen molar-refractivity contribution in [3.63, 3.8) is 0 Å². The number of anilines is 1. The summed E-state index contributed by atoms with van der Waals surface area (Å²) >= 11 is 0. The van der Waals surface area contributed by atoms with Crippen molar-refractivity contribution in [2.45, 2.75) is 31.7 Å². The van der Waals surface area contributed by atoms with Crippen molar-refractivity contribution in [3.8, 4) is 0 Å². The molecule has 2 aliphatic rings. The summed E-state index contributed by atoms with van der Waals surface area (Å²) in [7, 11) is 0. The Balaban J connectivity index is 1.38. The molecule has 2 aliphatic heterocycles. The summed E-state index contributed by atoms with van der Waals surface area (Å²) in [6.07, 6.45) is 4.62. The molecular weight excluding hydrogens is 419 g/mol. The van der Waals surface area contributed by atoms with Crippen molar-refractivity contribution in [1.82, 2.24) is 14.7 Å². The highest BCUT2D eigenvalue weighted by atomic mass is 19.1. The molecule has 0 bridgehead atoms. The fraction of sp³-hybridized carbons (Fsp3) is 0.462. The highest BCUT2D eigenvalue weighted by molar-refractivity contribution is 5.95. The zero-order chi connectivity index (χ0) is 23.0. The van der Waals surface area contributed by atoms with Gasteiger partial charge in [0.2, 0.25) is 11.8 Å². The molecule has 0 saturated carbocycles. The first-order valence-corrected chi connectivity index (χ1v) is 12.0. The van der Waals surface area contributed by atoms with Gasteiger partial charge in [-0.3, -0.25) is 19.4 Å². The number of rotatable bonds is 6. The Morgan fingerprint density at radius 1 is 0.818 bits per heavy atom. The minimum absolute atomic E-state index is 0.137. The van der Waals surface area contributed by atoms with Gasteiger partial charge >= 0.3 is 0 Å². The van der Waals surface area contributed by atoms with Crippen LogP contribution in [0.3, 0.4) is 0 Å². The van der Waals surface area contributed by atoms with E-state index < -0.39 is 6.04 Å². The van der Waals surface area contributed by atoms with Gasteiger partial charge in [-0.2, -0.15) is 0 Å². The predicted molar refractivity (Wildman–Crippen MR) is 127 cm³/mol. The molecule has 2 heterocycles. The summed E-state index contributed by atoms with van der Waals surface area (Å²) in [6.45, 7) is 5.08. The van der Waals surface area contributed by atoms with Crippen LogP contribution >= 0.6 is 0 Å². The van der Waals surface area contributed by atoms with Crippen molar-refractivity contribution >= 4 is 17.5 Å². The average molecular weight is 453 g/mol. The van der Waals surface area contributed by atoms with Crippen molar-refractivity contribution in [1.29, 1.82) is 0 Å². The normalized spacial score (nSPS) is 19.0. The van der Waals surface area contributed by atoms with Gasteiger partial charge in [0, 0.05) is 45.0 Å². The van der Waals surface area contributed by atoms with E-state index in [1.54, 1.807) is 12.1 Å². The van der Waals surface area contributed by atoms with E-state index in [1.165, 1.54) is 25.0 Å². The van der Waals surface area contributed by atoms with Crippen LogP contribution in [0.5, 0.6) is 0 Å². The van der Waals surface area contributed by atoms with E-state index in [2.05, 4.69) is 15.1 Å². The first-order valence-electron chi connectivity index (χ1n) is 12.0. The summed E-state index contributed by atoms with van der Waals surface area (Å²) in [6, 6.07) is 15.1. The highest BCUT2D eigenvalue weighted by Crippen LogP contribution is 2.24. The van der Waals surface area contributed by atoms with Gasteiger partial charge in [-0.05, 0) is 42.7 Å². The van der Waals surface area contributed by atoms with Crippen molar-refractivity contribution in [2.75, 3.05) is 51.1 Å². The maximum absolute atomic E-state index is 13.3. The molecule has 1 atom stereocenters. The van der Waals surface area contributed by atoms with Crippen molar-refractivity contribution < 1.29 is 14.0 Å². The lowest BCUT2D eigenvalue weighted by Crippen LogP contribution is -2.52. The van der Waals surface area contributed by atoms with E-state index in [9.17, 15) is 14.0 Å². The number of hydrogen-bond acceptors (Lipinski definition) is 4. The van der Waals surface area contributed by atoms with Gasteiger partial charge in [0.25, 0.3) is 0 Å². The molecule has 6 nitrogen and oxygen atoms in total. The second-order valence-corrected chi connectivity index (χ2v) is 8.92. The summed E-state index contributed by atoms with van der Waals surface area (Å²) < 4.78 is 13.3. The van der Waals surface area contributed by atoms with E-state index in [0.717, 1.165) is 44.6 Å². The first kappa shape index (κ1) is 23.4. The fourth-order valence-corrected chi connectivity index (χ4v) is 4.70. The molecule has 33 heavy (non-hydrogen) atoms. The molecule has 4 rings (SSSR count). The van der Waals surface area contributed by atoms with E-state index in [0.29, 0.717) is 25.3 Å². The van der Waals surface area contributed by atoms with Crippen LogP contribution in [0, 0.1) is 5.82 Å². The number of nitrogens with one attached hydrogen (secondary N) is 1. The number of hydrogen-bond donors (Lipinski definition) is 1. The number of amides is 2. The third-order valence-corrected chi connectivity index (χ3v) is 6.57. The van der Waals surface area contributed by atoms with Gasteiger partial charge in [0.05, 0.1) is 6.54 Å². The Kier molecular flexibility index (Phi) is 8.07. The SMILES string of the molecule is O=C(Nc1ccc(F)cc1)C(c1ccccc1)N1CCN(CC(=O)N2CCCCCC2)CC1. The standard InChI is InChI=1S/C26H33FN4O2/c27-22-10-12-23(13-11-22)28-26(33)25(21-8-4-3-5-9-21)31-18-16-29(17-19-31)20-24(32)30-14-6-1-2-7-15-30/h3-5,8-13,25H,1-2,6-7,14-20H2,(H,28,33). The molecule has 0 aliphatic carbocycles. The van der Waals surface area contributed by atoms with Crippen LogP contribution < -0.4 is 5.32 Å². The molecule has 2 aromatic rings. The molecule has 0 radical (unpaired) electrons. The van der Waals surface area contributed by atoms with Crippen LogP contribution in [0.4, 0.5) is 10.1 Å². The lowest BCUT2D eigenvalue weighted by atomic mass is 10.0. The zero-order valence-electron chi connectivity index (χ0n) is 19.1. The molecule has 2 saturated heterocycles. The number of benzene rings is 2. The molecule has 1 unspecified atom stereocenters. The third-order valence-electron chi connectivity index (χ3n) is 6.57. The van der Waals surface area contributed by atoms with Gasteiger partial charge in [0.15, 0.2) is 0 Å². The minimum atomic E-state index is -0.445. The van der Waals surface area contributed by atoms with Crippen LogP contribution in [0.15, 0.2) is 54.6 Å². The second kappa shape index (κ2) is 11.4. The van der Waals surface area contributed by atoms with E-state index in [1.807, 2.05) is 35.2 Å². The average Bonchev–Trinajstić information content (AvgIpc) is 3.12. The fourth-order valence-electron chi connectivity index (χ4n) is 4.70. The summed E-state index contributed by atoms with van der Waals surface area (Å²) in [5.74, 6) is -0.251. The Morgan fingerprint density at radius 2 is 1.45 bits per heavy atom. The smallest absolute Gasteiger partial charge is 0.246 e. The molecule has 2 amide bonds. The largest absolute Gasteiger partial charge is 0.342 e. The second-order valence-electron chi connectivity index (χ2n) is 8.92. The molecule has 0 aromatic heterocycles. The van der Waals surface area contributed by atoms with Crippen molar-refractivity contribution in [2.24, 2.45) is 0 Å². The summed E-state index contributed by atoms with van der Waals surface area (Å²) in [4.78, 5) is 32.4. The van der Waals surface area contributed by atoms with Crippen LogP contribution in [0.2, 0.25) is 0 Å². The van der Waals surface area contributed by atoms with Gasteiger partial charge < -0.3 is 10.2 Å². The molecule has 2 fully saturated rings. The number of carbonyl (C=O) groups is 2. The molecule has 1 N–H and O–H groups in total. The van der Waals surface area contributed by atoms with Gasteiger partial charge in [-0.15, -0.1) is 0 Å². The lowest BCUT2D eigenvalue weighted by molar-refractivity contribution is -0.133. The maximum atomic E-state index is 13.3. The molecule has 0 spiro atoms. The monoisotopic (exact) mass is 452 g/mol. The summed E-state index contributed by atoms with van der Waals surface area (Å²) in [5.41, 5.74) is 1.50. The van der Waals surface area contributed by atoms with Gasteiger partial charge in [-0.25, -0.2) is 4.39 Å². The Bertz CT molecular complexity index is 906. The Labute approximate surface area is 195 Å². The van der Waals surface area contributed by atoms with Gasteiger partial charge in [0.1, 0.15) is 11.9 Å². The van der Waals surface area contributed by atoms with Crippen molar-refractivity contribution in [3.05, 3.63) is 66.0 Å². The Morgan fingerprint density at radius 3 is 2.09 bits per heavy atom. The van der Waals surface area contributed by atoms with Crippen LogP contribution in [0.1, 0.15) is 37.3 Å². The van der Waals surface area contributed by atoms with Crippen LogP contribution in [-0.2, 0) is 9.59 Å². The molecule has 176 valence electrons. The van der Waals surface area contributed by atoms with E-state index in [4.69, 9.17) is 0 Å². The maximum Gasteiger partial charge on any atom is 0.246 e. The topological polar surface area (TPSA) is 55.9 Å². The quantitative estimate of drug-likeness (QED) is 0.729. The highest BCUT2D eigenvalue weighted by Gasteiger charge is 2.31. The molecule has 2 aromatic carbocycles. The van der Waals surface area contributed by atoms with Gasteiger partial charge in [-0.1, -0.05) is 43.2 Å². The molecule has 7 heteroatoms. The zero-order valence-corrected chi connectivity index (χ0v) is 19.1. The van der Waals surface area contributed by atoms with Crippen LogP contribution in [0.25, 0.3) is 0 Å². The Hall–Kier alpha value is -2.77. The first-order chi connectivity index (χ1) is 16.1. The minimum Gasteiger partial charge on any atom is -0.342 e. The summed E-state index contributed by atoms with van der Waals surface area (Å²) in [5, 5.41) is 2.94. The van der Waals surface area contributed by atoms with Crippen LogP contribution in [-0.4, -0.2) is 72.3 Å².